The molecule has 5 nitrogen and oxygen atoms in total. The molecule has 1 aromatic heterocycles. The molecule has 0 aliphatic heterocycles. The highest BCUT2D eigenvalue weighted by Gasteiger charge is 2.07. The maximum Gasteiger partial charge on any atom is 0.322 e. The predicted octanol–water partition coefficient (Wildman–Crippen LogP) is 3.46. The second-order valence-corrected chi connectivity index (χ2v) is 4.14. The highest BCUT2D eigenvalue weighted by Crippen LogP contribution is 2.22. The van der Waals surface area contributed by atoms with Gasteiger partial charge in [0.15, 0.2) is 0 Å². The number of benzene rings is 1. The van der Waals surface area contributed by atoms with Crippen LogP contribution in [0.1, 0.15) is 6.92 Å². The van der Waals surface area contributed by atoms with E-state index in [-0.39, 0.29) is 22.3 Å². The molecule has 0 spiro atoms. The number of aromatic nitrogens is 3. The second kappa shape index (κ2) is 5.99. The maximum absolute atomic E-state index is 13.0. The Labute approximate surface area is 118 Å². The van der Waals surface area contributed by atoms with E-state index in [0.29, 0.717) is 12.3 Å². The predicted molar refractivity (Wildman–Crippen MR) is 70.7 cm³/mol. The first-order valence-corrected chi connectivity index (χ1v) is 6.10. The third-order valence-corrected chi connectivity index (χ3v) is 2.50. The fraction of sp³-hybridized carbons (Fsp3) is 0.182. The Bertz CT molecular complexity index is 597. The van der Waals surface area contributed by atoms with Crippen molar-refractivity contribution in [2.24, 2.45) is 0 Å². The van der Waals surface area contributed by atoms with Crippen LogP contribution in [0.3, 0.4) is 0 Å². The largest absolute Gasteiger partial charge is 0.464 e. The molecule has 0 atom stereocenters. The molecule has 8 heteroatoms. The second-order valence-electron chi connectivity index (χ2n) is 3.40. The zero-order chi connectivity index (χ0) is 13.8. The number of ether oxygens (including phenoxy) is 1. The molecule has 1 N–H and O–H groups in total. The minimum atomic E-state index is -0.504. The van der Waals surface area contributed by atoms with Gasteiger partial charge in [0.25, 0.3) is 0 Å². The first-order chi connectivity index (χ1) is 9.08. The zero-order valence-electron chi connectivity index (χ0n) is 9.82. The van der Waals surface area contributed by atoms with Crippen LogP contribution in [0.2, 0.25) is 10.3 Å². The molecular formula is C11H9Cl2FN4O. The smallest absolute Gasteiger partial charge is 0.322 e. The third kappa shape index (κ3) is 3.65. The first-order valence-electron chi connectivity index (χ1n) is 5.35. The average Bonchev–Trinajstić information content (AvgIpc) is 2.33. The molecule has 1 aromatic carbocycles. The van der Waals surface area contributed by atoms with Gasteiger partial charge in [-0.05, 0) is 36.7 Å². The molecule has 0 unspecified atom stereocenters. The summed E-state index contributed by atoms with van der Waals surface area (Å²) in [7, 11) is 0. The van der Waals surface area contributed by atoms with Crippen molar-refractivity contribution in [1.29, 1.82) is 0 Å². The van der Waals surface area contributed by atoms with Gasteiger partial charge in [0.1, 0.15) is 5.82 Å². The molecule has 0 saturated heterocycles. The summed E-state index contributed by atoms with van der Waals surface area (Å²) >= 11 is 11.4. The molecule has 19 heavy (non-hydrogen) atoms. The molecule has 0 aliphatic rings. The van der Waals surface area contributed by atoms with E-state index in [0.717, 1.165) is 0 Å². The lowest BCUT2D eigenvalue weighted by Crippen LogP contribution is -2.03. The SMILES string of the molecule is CCOc1nc(Cl)nc(Nc2ccc(F)c(Cl)c2)n1. The fourth-order valence-electron chi connectivity index (χ4n) is 1.28. The first kappa shape index (κ1) is 13.8. The van der Waals surface area contributed by atoms with E-state index in [1.807, 2.05) is 0 Å². The summed E-state index contributed by atoms with van der Waals surface area (Å²) in [5.74, 6) is -0.318. The zero-order valence-corrected chi connectivity index (χ0v) is 11.3. The van der Waals surface area contributed by atoms with Crippen molar-refractivity contribution in [2.45, 2.75) is 6.92 Å². The Morgan fingerprint density at radius 1 is 1.26 bits per heavy atom. The van der Waals surface area contributed by atoms with E-state index in [9.17, 15) is 4.39 Å². The van der Waals surface area contributed by atoms with Crippen molar-refractivity contribution in [3.63, 3.8) is 0 Å². The van der Waals surface area contributed by atoms with E-state index in [1.165, 1.54) is 18.2 Å². The monoisotopic (exact) mass is 302 g/mol. The lowest BCUT2D eigenvalue weighted by atomic mass is 10.3. The van der Waals surface area contributed by atoms with Crippen molar-refractivity contribution in [3.05, 3.63) is 34.3 Å². The van der Waals surface area contributed by atoms with Crippen LogP contribution in [0.4, 0.5) is 16.0 Å². The Morgan fingerprint density at radius 2 is 2.05 bits per heavy atom. The molecule has 2 rings (SSSR count). The highest BCUT2D eigenvalue weighted by atomic mass is 35.5. The normalized spacial score (nSPS) is 10.3. The highest BCUT2D eigenvalue weighted by molar-refractivity contribution is 6.31. The molecular weight excluding hydrogens is 294 g/mol. The Morgan fingerprint density at radius 3 is 2.74 bits per heavy atom. The van der Waals surface area contributed by atoms with Crippen LogP contribution in [-0.4, -0.2) is 21.6 Å². The van der Waals surface area contributed by atoms with Crippen LogP contribution in [0.25, 0.3) is 0 Å². The summed E-state index contributed by atoms with van der Waals surface area (Å²) in [5, 5.41) is 2.82. The average molecular weight is 303 g/mol. The standard InChI is InChI=1S/C11H9Cl2FN4O/c1-2-19-11-17-9(13)16-10(18-11)15-6-3-4-8(14)7(12)5-6/h3-5H,2H2,1H3,(H,15,16,17,18). The Balaban J connectivity index is 2.24. The van der Waals surface area contributed by atoms with Gasteiger partial charge in [0.05, 0.1) is 11.6 Å². The summed E-state index contributed by atoms with van der Waals surface area (Å²) in [4.78, 5) is 11.7. The van der Waals surface area contributed by atoms with Crippen molar-refractivity contribution >= 4 is 34.8 Å². The molecule has 0 aliphatic carbocycles. The number of anilines is 2. The van der Waals surface area contributed by atoms with E-state index < -0.39 is 5.82 Å². The number of hydrogen-bond acceptors (Lipinski definition) is 5. The number of halogens is 3. The molecule has 100 valence electrons. The minimum absolute atomic E-state index is 0.00446. The van der Waals surface area contributed by atoms with Crippen molar-refractivity contribution in [1.82, 2.24) is 15.0 Å². The number of nitrogens with zero attached hydrogens (tertiary/aromatic N) is 3. The van der Waals surface area contributed by atoms with Crippen LogP contribution in [0.15, 0.2) is 18.2 Å². The van der Waals surface area contributed by atoms with Gasteiger partial charge in [0, 0.05) is 5.69 Å². The Kier molecular flexibility index (Phi) is 4.34. The maximum atomic E-state index is 13.0. The fourth-order valence-corrected chi connectivity index (χ4v) is 1.62. The van der Waals surface area contributed by atoms with E-state index >= 15 is 0 Å². The van der Waals surface area contributed by atoms with Crippen LogP contribution in [0.5, 0.6) is 6.01 Å². The number of hydrogen-bond donors (Lipinski definition) is 1. The number of nitrogens with one attached hydrogen (secondary N) is 1. The van der Waals surface area contributed by atoms with Crippen LogP contribution >= 0.6 is 23.2 Å². The summed E-state index contributed by atoms with van der Waals surface area (Å²) in [6.45, 7) is 2.20. The van der Waals surface area contributed by atoms with Gasteiger partial charge in [-0.3, -0.25) is 0 Å². The lowest BCUT2D eigenvalue weighted by molar-refractivity contribution is 0.312. The number of rotatable bonds is 4. The van der Waals surface area contributed by atoms with Gasteiger partial charge < -0.3 is 10.1 Å². The van der Waals surface area contributed by atoms with Gasteiger partial charge in [-0.25, -0.2) is 4.39 Å². The van der Waals surface area contributed by atoms with Crippen LogP contribution < -0.4 is 10.1 Å². The Hall–Kier alpha value is -1.66. The summed E-state index contributed by atoms with van der Waals surface area (Å²) in [5.41, 5.74) is 0.524. The summed E-state index contributed by atoms with van der Waals surface area (Å²) in [6.07, 6.45) is 0. The molecule has 0 radical (unpaired) electrons. The lowest BCUT2D eigenvalue weighted by Gasteiger charge is -2.07. The van der Waals surface area contributed by atoms with Gasteiger partial charge in [-0.15, -0.1) is 0 Å². The van der Waals surface area contributed by atoms with Crippen molar-refractivity contribution < 1.29 is 9.13 Å². The minimum Gasteiger partial charge on any atom is -0.464 e. The van der Waals surface area contributed by atoms with E-state index in [2.05, 4.69) is 20.3 Å². The van der Waals surface area contributed by atoms with Gasteiger partial charge in [0.2, 0.25) is 11.2 Å². The topological polar surface area (TPSA) is 59.9 Å². The van der Waals surface area contributed by atoms with Gasteiger partial charge in [-0.1, -0.05) is 11.6 Å². The third-order valence-electron chi connectivity index (χ3n) is 2.04. The quantitative estimate of drug-likeness (QED) is 0.937. The van der Waals surface area contributed by atoms with Crippen molar-refractivity contribution in [2.75, 3.05) is 11.9 Å². The van der Waals surface area contributed by atoms with Crippen LogP contribution in [0, 0.1) is 5.82 Å². The van der Waals surface area contributed by atoms with E-state index in [4.69, 9.17) is 27.9 Å². The van der Waals surface area contributed by atoms with Gasteiger partial charge in [-0.2, -0.15) is 15.0 Å². The molecule has 0 fully saturated rings. The molecule has 0 amide bonds. The van der Waals surface area contributed by atoms with E-state index in [1.54, 1.807) is 6.92 Å². The summed E-state index contributed by atoms with van der Waals surface area (Å²) < 4.78 is 18.2. The van der Waals surface area contributed by atoms with Crippen LogP contribution in [-0.2, 0) is 0 Å². The molecule has 0 bridgehead atoms. The van der Waals surface area contributed by atoms with Gasteiger partial charge >= 0.3 is 6.01 Å². The molecule has 1 heterocycles. The van der Waals surface area contributed by atoms with Crippen molar-refractivity contribution in [3.8, 4) is 6.01 Å². The molecule has 0 saturated carbocycles. The molecule has 2 aromatic rings. The summed E-state index contributed by atoms with van der Waals surface area (Å²) in [6, 6.07) is 4.25.